The highest BCUT2D eigenvalue weighted by atomic mass is 79.9. The normalized spacial score (nSPS) is 16.1. The van der Waals surface area contributed by atoms with Crippen LogP contribution in [0.5, 0.6) is 5.75 Å². The number of hydrogen-bond acceptors (Lipinski definition) is 7. The first-order valence-electron chi connectivity index (χ1n) is 9.75. The summed E-state index contributed by atoms with van der Waals surface area (Å²) in [5.41, 5.74) is 7.80. The molecule has 0 bridgehead atoms. The van der Waals surface area contributed by atoms with Crippen molar-refractivity contribution in [2.24, 2.45) is 10.9 Å². The Hall–Kier alpha value is -2.91. The number of rotatable bonds is 8. The van der Waals surface area contributed by atoms with Crippen LogP contribution in [0.4, 0.5) is 4.79 Å². The number of oxime groups is 1. The molecule has 1 heterocycles. The van der Waals surface area contributed by atoms with Crippen LogP contribution in [0.1, 0.15) is 17.5 Å². The highest BCUT2D eigenvalue weighted by Crippen LogP contribution is 2.18. The third kappa shape index (κ3) is 6.53. The number of nitrogens with two attached hydrogens (primary N) is 1. The van der Waals surface area contributed by atoms with Crippen molar-refractivity contribution in [1.82, 2.24) is 4.90 Å². The predicted molar refractivity (Wildman–Crippen MR) is 119 cm³/mol. The lowest BCUT2D eigenvalue weighted by molar-refractivity contribution is -0.132. The molecule has 164 valence electrons. The molecule has 1 unspecified atom stereocenters. The van der Waals surface area contributed by atoms with E-state index in [-0.39, 0.29) is 13.2 Å². The van der Waals surface area contributed by atoms with E-state index in [0.29, 0.717) is 23.2 Å². The fraction of sp³-hybridized carbons (Fsp3) is 0.318. The maximum atomic E-state index is 13.0. The van der Waals surface area contributed by atoms with E-state index in [1.165, 1.54) is 0 Å². The predicted octanol–water partition coefficient (Wildman–Crippen LogP) is 3.23. The summed E-state index contributed by atoms with van der Waals surface area (Å²) in [6.45, 7) is -0.00633. The van der Waals surface area contributed by atoms with Crippen LogP contribution in [0, 0.1) is 0 Å². The lowest BCUT2D eigenvalue weighted by atomic mass is 10.1. The smallest absolute Gasteiger partial charge is 0.417 e. The Balaban J connectivity index is 1.66. The summed E-state index contributed by atoms with van der Waals surface area (Å²) in [7, 11) is 1.57. The molecule has 0 fully saturated rings. The van der Waals surface area contributed by atoms with Gasteiger partial charge in [-0.1, -0.05) is 47.6 Å². The minimum atomic E-state index is -0.901. The number of imide groups is 1. The summed E-state index contributed by atoms with van der Waals surface area (Å²) < 4.78 is 11.1. The van der Waals surface area contributed by atoms with Crippen LogP contribution in [0.3, 0.4) is 0 Å². The molecule has 2 aromatic rings. The maximum absolute atomic E-state index is 13.0. The minimum Gasteiger partial charge on any atom is -0.497 e. The van der Waals surface area contributed by atoms with Crippen LogP contribution in [0.25, 0.3) is 0 Å². The quantitative estimate of drug-likeness (QED) is 0.610. The molecule has 2 amide bonds. The van der Waals surface area contributed by atoms with Crippen molar-refractivity contribution in [1.29, 1.82) is 0 Å². The fourth-order valence-electron chi connectivity index (χ4n) is 3.05. The van der Waals surface area contributed by atoms with Crippen LogP contribution < -0.4 is 10.5 Å². The first-order chi connectivity index (χ1) is 15.0. The van der Waals surface area contributed by atoms with E-state index in [0.717, 1.165) is 16.0 Å². The number of carbonyl (C=O) groups is 2. The third-order valence-electron chi connectivity index (χ3n) is 4.71. The van der Waals surface area contributed by atoms with Crippen LogP contribution in [0.2, 0.25) is 0 Å². The summed E-state index contributed by atoms with van der Waals surface area (Å²) in [4.78, 5) is 32.1. The SMILES string of the molecule is COc1ccc(COC(=O)N(CC2CC(Br)=NO2)C(=O)[C@@H](N)Cc2ccccc2)cc1. The highest BCUT2D eigenvalue weighted by Gasteiger charge is 2.33. The molecule has 8 nitrogen and oxygen atoms in total. The van der Waals surface area contributed by atoms with Gasteiger partial charge in [0.2, 0.25) is 5.91 Å². The van der Waals surface area contributed by atoms with Crippen LogP contribution in [-0.2, 0) is 27.4 Å². The van der Waals surface area contributed by atoms with E-state index >= 15 is 0 Å². The Labute approximate surface area is 189 Å². The molecule has 3 rings (SSSR count). The zero-order valence-electron chi connectivity index (χ0n) is 17.1. The summed E-state index contributed by atoms with van der Waals surface area (Å²) >= 11 is 3.26. The summed E-state index contributed by atoms with van der Waals surface area (Å²) in [6.07, 6.45) is -0.497. The van der Waals surface area contributed by atoms with Gasteiger partial charge < -0.3 is 20.0 Å². The van der Waals surface area contributed by atoms with Crippen molar-refractivity contribution < 1.29 is 23.9 Å². The second-order valence-corrected chi connectivity index (χ2v) is 7.96. The molecule has 0 saturated carbocycles. The van der Waals surface area contributed by atoms with Gasteiger partial charge in [-0.15, -0.1) is 0 Å². The lowest BCUT2D eigenvalue weighted by Crippen LogP contribution is -2.50. The minimum absolute atomic E-state index is 0.00620. The van der Waals surface area contributed by atoms with Crippen LogP contribution in [0.15, 0.2) is 59.8 Å². The van der Waals surface area contributed by atoms with Crippen molar-refractivity contribution in [3.05, 3.63) is 65.7 Å². The molecule has 0 saturated heterocycles. The van der Waals surface area contributed by atoms with Gasteiger partial charge in [-0.2, -0.15) is 0 Å². The fourth-order valence-corrected chi connectivity index (χ4v) is 3.50. The summed E-state index contributed by atoms with van der Waals surface area (Å²) in [6, 6.07) is 15.6. The van der Waals surface area contributed by atoms with Crippen molar-refractivity contribution in [2.75, 3.05) is 13.7 Å². The van der Waals surface area contributed by atoms with E-state index in [1.807, 2.05) is 30.3 Å². The molecule has 0 aromatic heterocycles. The zero-order chi connectivity index (χ0) is 22.2. The Morgan fingerprint density at radius 2 is 1.90 bits per heavy atom. The number of nitrogens with zero attached hydrogens (tertiary/aromatic N) is 2. The molecule has 9 heteroatoms. The third-order valence-corrected chi connectivity index (χ3v) is 5.18. The molecule has 0 radical (unpaired) electrons. The van der Waals surface area contributed by atoms with E-state index in [4.69, 9.17) is 20.0 Å². The van der Waals surface area contributed by atoms with E-state index in [2.05, 4.69) is 21.1 Å². The van der Waals surface area contributed by atoms with Gasteiger partial charge in [-0.3, -0.25) is 4.79 Å². The molecule has 1 aliphatic heterocycles. The molecule has 31 heavy (non-hydrogen) atoms. The Morgan fingerprint density at radius 1 is 1.19 bits per heavy atom. The molecule has 1 aliphatic rings. The largest absolute Gasteiger partial charge is 0.497 e. The second kappa shape index (κ2) is 10.9. The van der Waals surface area contributed by atoms with Crippen molar-refractivity contribution in [3.8, 4) is 5.75 Å². The summed E-state index contributed by atoms with van der Waals surface area (Å²) in [5.74, 6) is 0.165. The average Bonchev–Trinajstić information content (AvgIpc) is 3.21. The standard InChI is InChI=1S/C22H24BrN3O5/c1-29-17-9-7-16(8-10-17)14-30-22(28)26(13-18-12-20(23)25-31-18)21(27)19(24)11-15-5-3-2-4-6-15/h2-10,18-19H,11-14,24H2,1H3/t18?,19-/m0/s1. The molecule has 0 spiro atoms. The Kier molecular flexibility index (Phi) is 8.02. The number of benzene rings is 2. The number of ether oxygens (including phenoxy) is 2. The number of hydrogen-bond donors (Lipinski definition) is 1. The molecule has 2 N–H and O–H groups in total. The van der Waals surface area contributed by atoms with Gasteiger partial charge in [0.05, 0.1) is 19.7 Å². The number of methoxy groups -OCH3 is 1. The number of amides is 2. The van der Waals surface area contributed by atoms with Crippen molar-refractivity contribution >= 4 is 32.6 Å². The van der Waals surface area contributed by atoms with Gasteiger partial charge in [0.1, 0.15) is 17.0 Å². The van der Waals surface area contributed by atoms with Crippen molar-refractivity contribution in [3.63, 3.8) is 0 Å². The van der Waals surface area contributed by atoms with Gasteiger partial charge in [-0.05, 0) is 45.6 Å². The molecular formula is C22H24BrN3O5. The topological polar surface area (TPSA) is 103 Å². The molecule has 2 atom stereocenters. The first kappa shape index (κ1) is 22.8. The second-order valence-electron chi connectivity index (χ2n) is 7.05. The van der Waals surface area contributed by atoms with E-state index in [9.17, 15) is 9.59 Å². The number of carbonyl (C=O) groups excluding carboxylic acids is 2. The zero-order valence-corrected chi connectivity index (χ0v) is 18.7. The van der Waals surface area contributed by atoms with E-state index < -0.39 is 24.1 Å². The summed E-state index contributed by atoms with van der Waals surface area (Å²) in [5, 5.41) is 3.81. The van der Waals surface area contributed by atoms with Crippen LogP contribution >= 0.6 is 15.9 Å². The Morgan fingerprint density at radius 3 is 2.52 bits per heavy atom. The molecule has 0 aliphatic carbocycles. The van der Waals surface area contributed by atoms with E-state index in [1.54, 1.807) is 31.4 Å². The maximum Gasteiger partial charge on any atom is 0.417 e. The molecular weight excluding hydrogens is 466 g/mol. The monoisotopic (exact) mass is 489 g/mol. The highest BCUT2D eigenvalue weighted by molar-refractivity contribution is 9.18. The van der Waals surface area contributed by atoms with Gasteiger partial charge in [0, 0.05) is 6.42 Å². The lowest BCUT2D eigenvalue weighted by Gasteiger charge is -2.25. The molecule has 2 aromatic carbocycles. The Bertz CT molecular complexity index is 921. The van der Waals surface area contributed by atoms with Crippen LogP contribution in [-0.4, -0.2) is 47.3 Å². The van der Waals surface area contributed by atoms with Gasteiger partial charge in [0.15, 0.2) is 6.10 Å². The average molecular weight is 490 g/mol. The van der Waals surface area contributed by atoms with Gasteiger partial charge in [-0.25, -0.2) is 9.69 Å². The number of halogens is 1. The van der Waals surface area contributed by atoms with Gasteiger partial charge >= 0.3 is 6.09 Å². The first-order valence-corrected chi connectivity index (χ1v) is 10.5. The van der Waals surface area contributed by atoms with Crippen molar-refractivity contribution in [2.45, 2.75) is 31.6 Å². The van der Waals surface area contributed by atoms with Gasteiger partial charge in [0.25, 0.3) is 0 Å².